The van der Waals surface area contributed by atoms with E-state index in [1.54, 1.807) is 0 Å². The number of nitriles is 1. The summed E-state index contributed by atoms with van der Waals surface area (Å²) in [5.41, 5.74) is 3.85. The predicted octanol–water partition coefficient (Wildman–Crippen LogP) is 3.09. The molecule has 1 aliphatic rings. The Morgan fingerprint density at radius 3 is 3.00 bits per heavy atom. The van der Waals surface area contributed by atoms with E-state index in [1.807, 2.05) is 37.4 Å². The van der Waals surface area contributed by atoms with Gasteiger partial charge in [-0.1, -0.05) is 25.1 Å². The van der Waals surface area contributed by atoms with Gasteiger partial charge in [-0.2, -0.15) is 5.26 Å². The highest BCUT2D eigenvalue weighted by molar-refractivity contribution is 5.89. The zero-order valence-corrected chi connectivity index (χ0v) is 12.6. The quantitative estimate of drug-likeness (QED) is 0.678. The Morgan fingerprint density at radius 1 is 1.39 bits per heavy atom. The van der Waals surface area contributed by atoms with Crippen molar-refractivity contribution in [2.75, 3.05) is 0 Å². The van der Waals surface area contributed by atoms with E-state index in [2.05, 4.69) is 21.3 Å². The maximum absolute atomic E-state index is 9.62. The summed E-state index contributed by atoms with van der Waals surface area (Å²) < 4.78 is 5.47. The van der Waals surface area contributed by atoms with Crippen LogP contribution in [0.3, 0.4) is 0 Å². The second-order valence-electron chi connectivity index (χ2n) is 5.61. The van der Waals surface area contributed by atoms with Crippen molar-refractivity contribution >= 4 is 16.8 Å². The Balaban J connectivity index is 2.00. The molecule has 0 saturated heterocycles. The molecule has 0 aliphatic carbocycles. The molecule has 6 heteroatoms. The maximum atomic E-state index is 9.62. The number of aromatic amines is 2. The Morgan fingerprint density at radius 2 is 2.22 bits per heavy atom. The van der Waals surface area contributed by atoms with Gasteiger partial charge in [-0.05, 0) is 18.1 Å². The third kappa shape index (κ3) is 1.87. The van der Waals surface area contributed by atoms with E-state index >= 15 is 0 Å². The number of H-pyrrole nitrogens is 2. The summed E-state index contributed by atoms with van der Waals surface area (Å²) in [6.45, 7) is 2.03. The molecule has 0 bridgehead atoms. The molecule has 23 heavy (non-hydrogen) atoms. The van der Waals surface area contributed by atoms with Crippen molar-refractivity contribution in [1.82, 2.24) is 15.2 Å². The Labute approximate surface area is 132 Å². The average Bonchev–Trinajstić information content (AvgIpc) is 3.17. The van der Waals surface area contributed by atoms with Crippen LogP contribution in [0.2, 0.25) is 0 Å². The van der Waals surface area contributed by atoms with Crippen LogP contribution in [0.1, 0.15) is 29.7 Å². The highest BCUT2D eigenvalue weighted by atomic mass is 16.5. The van der Waals surface area contributed by atoms with Crippen LogP contribution in [0.15, 0.2) is 30.5 Å². The fourth-order valence-electron chi connectivity index (χ4n) is 3.34. The SMILES string of the molecule is CCc1[nH]nc2c1C(c1c[nH]c3ccccc13)C(C#N)C(=N)O2. The van der Waals surface area contributed by atoms with Gasteiger partial charge in [0.1, 0.15) is 5.92 Å². The number of hydrogen-bond acceptors (Lipinski definition) is 4. The van der Waals surface area contributed by atoms with Crippen molar-refractivity contribution < 1.29 is 4.74 Å². The van der Waals surface area contributed by atoms with Crippen LogP contribution in [0.4, 0.5) is 0 Å². The molecule has 3 aromatic rings. The number of nitrogens with one attached hydrogen (secondary N) is 3. The second kappa shape index (κ2) is 4.99. The molecule has 1 aromatic carbocycles. The van der Waals surface area contributed by atoms with E-state index in [0.717, 1.165) is 34.1 Å². The van der Waals surface area contributed by atoms with Crippen LogP contribution >= 0.6 is 0 Å². The molecule has 0 fully saturated rings. The first kappa shape index (κ1) is 13.6. The van der Waals surface area contributed by atoms with Gasteiger partial charge >= 0.3 is 0 Å². The van der Waals surface area contributed by atoms with Gasteiger partial charge in [0.15, 0.2) is 0 Å². The van der Waals surface area contributed by atoms with Crippen molar-refractivity contribution in [2.45, 2.75) is 19.3 Å². The van der Waals surface area contributed by atoms with Crippen molar-refractivity contribution in [3.05, 3.63) is 47.3 Å². The Hall–Kier alpha value is -3.07. The van der Waals surface area contributed by atoms with Gasteiger partial charge in [-0.25, -0.2) is 0 Å². The first-order valence-corrected chi connectivity index (χ1v) is 7.53. The number of hydrogen-bond donors (Lipinski definition) is 3. The van der Waals surface area contributed by atoms with E-state index in [-0.39, 0.29) is 11.8 Å². The van der Waals surface area contributed by atoms with Gasteiger partial charge in [-0.15, -0.1) is 5.10 Å². The van der Waals surface area contributed by atoms with Gasteiger partial charge in [0.25, 0.3) is 0 Å². The summed E-state index contributed by atoms with van der Waals surface area (Å²) in [7, 11) is 0. The number of para-hydroxylation sites is 1. The van der Waals surface area contributed by atoms with Crippen LogP contribution in [0.25, 0.3) is 10.9 Å². The highest BCUT2D eigenvalue weighted by Gasteiger charge is 2.41. The van der Waals surface area contributed by atoms with E-state index in [1.165, 1.54) is 0 Å². The standard InChI is InChI=1S/C17H15N5O/c1-2-12-15-14(10(7-18)16(19)23-17(15)22-21-12)11-8-20-13-6-4-3-5-9(11)13/h3-6,8,10,14,19-20H,2H2,1H3,(H,21,22). The Bertz CT molecular complexity index is 945. The van der Waals surface area contributed by atoms with E-state index in [4.69, 9.17) is 10.1 Å². The van der Waals surface area contributed by atoms with Crippen molar-refractivity contribution in [1.29, 1.82) is 10.7 Å². The van der Waals surface area contributed by atoms with Crippen LogP contribution in [0.5, 0.6) is 5.88 Å². The molecule has 1 aliphatic heterocycles. The Kier molecular flexibility index (Phi) is 2.95. The van der Waals surface area contributed by atoms with Gasteiger partial charge in [0.05, 0.1) is 6.07 Å². The maximum Gasteiger partial charge on any atom is 0.243 e. The number of rotatable bonds is 2. The van der Waals surface area contributed by atoms with E-state index in [9.17, 15) is 5.26 Å². The molecule has 3 N–H and O–H groups in total. The minimum absolute atomic E-state index is 0.0514. The van der Waals surface area contributed by atoms with Gasteiger partial charge < -0.3 is 9.72 Å². The highest BCUT2D eigenvalue weighted by Crippen LogP contribution is 2.44. The fourth-order valence-corrected chi connectivity index (χ4v) is 3.34. The lowest BCUT2D eigenvalue weighted by atomic mass is 9.79. The first-order chi connectivity index (χ1) is 11.2. The summed E-state index contributed by atoms with van der Waals surface area (Å²) in [5.74, 6) is -0.566. The largest absolute Gasteiger partial charge is 0.422 e. The van der Waals surface area contributed by atoms with Crippen molar-refractivity contribution in [3.8, 4) is 11.9 Å². The van der Waals surface area contributed by atoms with E-state index < -0.39 is 5.92 Å². The van der Waals surface area contributed by atoms with Crippen LogP contribution in [0, 0.1) is 22.7 Å². The lowest BCUT2D eigenvalue weighted by molar-refractivity contribution is 0.437. The fraction of sp³-hybridized carbons (Fsp3) is 0.235. The van der Waals surface area contributed by atoms with Crippen LogP contribution in [-0.2, 0) is 6.42 Å². The molecule has 4 rings (SSSR count). The predicted molar refractivity (Wildman–Crippen MR) is 85.6 cm³/mol. The molecule has 3 heterocycles. The summed E-state index contributed by atoms with van der Waals surface area (Å²) in [6, 6.07) is 10.2. The monoisotopic (exact) mass is 305 g/mol. The number of ether oxygens (including phenoxy) is 1. The third-order valence-corrected chi connectivity index (χ3v) is 4.43. The minimum Gasteiger partial charge on any atom is -0.422 e. The molecular weight excluding hydrogens is 290 g/mol. The van der Waals surface area contributed by atoms with E-state index in [0.29, 0.717) is 5.88 Å². The number of aryl methyl sites for hydroxylation is 1. The number of aromatic nitrogens is 3. The molecule has 0 amide bonds. The summed E-state index contributed by atoms with van der Waals surface area (Å²) in [6.07, 6.45) is 2.69. The molecule has 6 nitrogen and oxygen atoms in total. The molecular formula is C17H15N5O. The zero-order valence-electron chi connectivity index (χ0n) is 12.6. The van der Waals surface area contributed by atoms with Gasteiger partial charge in [0, 0.05) is 34.3 Å². The molecule has 0 radical (unpaired) electrons. The summed E-state index contributed by atoms with van der Waals surface area (Å²) >= 11 is 0. The molecule has 0 saturated carbocycles. The topological polar surface area (TPSA) is 101 Å². The lowest BCUT2D eigenvalue weighted by Crippen LogP contribution is -2.31. The smallest absolute Gasteiger partial charge is 0.243 e. The minimum atomic E-state index is -0.662. The lowest BCUT2D eigenvalue weighted by Gasteiger charge is -2.27. The number of nitrogens with zero attached hydrogens (tertiary/aromatic N) is 2. The summed E-state index contributed by atoms with van der Waals surface area (Å²) in [5, 5.41) is 25.9. The molecule has 2 aromatic heterocycles. The van der Waals surface area contributed by atoms with Gasteiger partial charge in [-0.3, -0.25) is 10.5 Å². The molecule has 2 atom stereocenters. The van der Waals surface area contributed by atoms with Gasteiger partial charge in [0.2, 0.25) is 11.8 Å². The van der Waals surface area contributed by atoms with Crippen LogP contribution in [-0.4, -0.2) is 21.1 Å². The zero-order chi connectivity index (χ0) is 16.0. The van der Waals surface area contributed by atoms with Crippen molar-refractivity contribution in [2.24, 2.45) is 5.92 Å². The molecule has 114 valence electrons. The number of benzene rings is 1. The normalized spacial score (nSPS) is 20.1. The first-order valence-electron chi connectivity index (χ1n) is 7.53. The number of fused-ring (bicyclic) bond motifs is 2. The van der Waals surface area contributed by atoms with Crippen LogP contribution < -0.4 is 4.74 Å². The molecule has 0 spiro atoms. The third-order valence-electron chi connectivity index (χ3n) is 4.43. The van der Waals surface area contributed by atoms with Crippen molar-refractivity contribution in [3.63, 3.8) is 0 Å². The summed E-state index contributed by atoms with van der Waals surface area (Å²) in [4.78, 5) is 3.25. The second-order valence-corrected chi connectivity index (χ2v) is 5.61. The average molecular weight is 305 g/mol. The molecule has 2 unspecified atom stereocenters.